The molecule has 0 saturated heterocycles. The maximum atomic E-state index is 11.6. The van der Waals surface area contributed by atoms with Crippen LogP contribution in [-0.2, 0) is 24.7 Å². The van der Waals surface area contributed by atoms with E-state index in [1.807, 2.05) is 11.6 Å². The van der Waals surface area contributed by atoms with Gasteiger partial charge in [-0.25, -0.2) is 4.98 Å². The highest BCUT2D eigenvalue weighted by Gasteiger charge is 2.08. The Morgan fingerprint density at radius 3 is 3.06 bits per heavy atom. The molecule has 1 N–H and O–H groups in total. The molecule has 6 heteroatoms. The van der Waals surface area contributed by atoms with Crippen LogP contribution in [0.5, 0.6) is 0 Å². The number of amides is 1. The summed E-state index contributed by atoms with van der Waals surface area (Å²) in [4.78, 5) is 15.8. The molecule has 18 heavy (non-hydrogen) atoms. The van der Waals surface area contributed by atoms with Gasteiger partial charge in [-0.15, -0.1) is 0 Å². The third-order valence-electron chi connectivity index (χ3n) is 2.53. The highest BCUT2D eigenvalue weighted by atomic mass is 79.9. The number of aryl methyl sites for hydroxylation is 1. The van der Waals surface area contributed by atoms with Crippen molar-refractivity contribution < 1.29 is 9.21 Å². The number of carbonyl (C=O) groups excluding carboxylic acids is 1. The first-order valence-electron chi connectivity index (χ1n) is 5.61. The maximum Gasteiger partial charge on any atom is 0.227 e. The zero-order chi connectivity index (χ0) is 13.0. The first kappa shape index (κ1) is 12.9. The lowest BCUT2D eigenvalue weighted by atomic mass is 10.3. The Labute approximate surface area is 113 Å². The molecule has 0 aliphatic carbocycles. The molecule has 2 aromatic rings. The molecule has 0 atom stereocenters. The van der Waals surface area contributed by atoms with E-state index in [-0.39, 0.29) is 12.3 Å². The van der Waals surface area contributed by atoms with Crippen LogP contribution in [-0.4, -0.2) is 22.0 Å². The molecule has 0 aliphatic heterocycles. The number of carbonyl (C=O) groups is 1. The minimum absolute atomic E-state index is 0.0444. The Morgan fingerprint density at radius 2 is 2.44 bits per heavy atom. The molecule has 5 nitrogen and oxygen atoms in total. The molecule has 96 valence electrons. The largest absolute Gasteiger partial charge is 0.469 e. The normalized spacial score (nSPS) is 10.6. The van der Waals surface area contributed by atoms with E-state index in [9.17, 15) is 4.79 Å². The van der Waals surface area contributed by atoms with Crippen molar-refractivity contribution in [2.24, 2.45) is 7.05 Å². The van der Waals surface area contributed by atoms with Gasteiger partial charge >= 0.3 is 0 Å². The number of nitrogens with one attached hydrogen (secondary N) is 1. The van der Waals surface area contributed by atoms with E-state index in [2.05, 4.69) is 26.2 Å². The molecule has 0 radical (unpaired) electrons. The lowest BCUT2D eigenvalue weighted by Crippen LogP contribution is -2.27. The number of rotatable bonds is 5. The molecule has 2 heterocycles. The molecule has 2 rings (SSSR count). The highest BCUT2D eigenvalue weighted by molar-refractivity contribution is 9.10. The first-order chi connectivity index (χ1) is 8.66. The molecule has 0 bridgehead atoms. The van der Waals surface area contributed by atoms with Crippen LogP contribution in [0.25, 0.3) is 0 Å². The van der Waals surface area contributed by atoms with Crippen molar-refractivity contribution in [2.45, 2.75) is 12.8 Å². The number of hydrogen-bond donors (Lipinski definition) is 1. The Morgan fingerprint density at radius 1 is 1.61 bits per heavy atom. The number of furan rings is 1. The van der Waals surface area contributed by atoms with Crippen LogP contribution in [0, 0.1) is 0 Å². The molecule has 0 fully saturated rings. The third kappa shape index (κ3) is 3.22. The van der Waals surface area contributed by atoms with Crippen molar-refractivity contribution in [3.63, 3.8) is 0 Å². The summed E-state index contributed by atoms with van der Waals surface area (Å²) in [5.74, 6) is 0.628. The molecule has 0 aromatic carbocycles. The van der Waals surface area contributed by atoms with Gasteiger partial charge in [-0.2, -0.15) is 0 Å². The van der Waals surface area contributed by atoms with Crippen LogP contribution in [0.4, 0.5) is 0 Å². The van der Waals surface area contributed by atoms with Crippen molar-refractivity contribution in [2.75, 3.05) is 6.54 Å². The second-order valence-corrected chi connectivity index (χ2v) is 4.70. The van der Waals surface area contributed by atoms with Crippen LogP contribution in [0.1, 0.15) is 11.5 Å². The minimum atomic E-state index is -0.0444. The fourth-order valence-electron chi connectivity index (χ4n) is 1.59. The van der Waals surface area contributed by atoms with Crippen molar-refractivity contribution in [1.82, 2.24) is 14.9 Å². The summed E-state index contributed by atoms with van der Waals surface area (Å²) >= 11 is 3.44. The standard InChI is InChI=1S/C12H14BrN3O2/c1-16-8-15-10(12(16)13)4-5-14-11(17)7-9-3-2-6-18-9/h2-3,6,8H,4-5,7H2,1H3,(H,14,17). The smallest absolute Gasteiger partial charge is 0.227 e. The van der Waals surface area contributed by atoms with Crippen LogP contribution < -0.4 is 5.32 Å². The third-order valence-corrected chi connectivity index (χ3v) is 3.55. The van der Waals surface area contributed by atoms with Crippen LogP contribution >= 0.6 is 15.9 Å². The van der Waals surface area contributed by atoms with Gasteiger partial charge in [-0.3, -0.25) is 4.79 Å². The van der Waals surface area contributed by atoms with E-state index in [1.165, 1.54) is 0 Å². The summed E-state index contributed by atoms with van der Waals surface area (Å²) in [6.45, 7) is 0.565. The SMILES string of the molecule is Cn1cnc(CCNC(=O)Cc2ccco2)c1Br. The number of halogens is 1. The van der Waals surface area contributed by atoms with Crippen LogP contribution in [0.15, 0.2) is 33.7 Å². The lowest BCUT2D eigenvalue weighted by molar-refractivity contribution is -0.120. The van der Waals surface area contributed by atoms with Gasteiger partial charge in [0.05, 0.1) is 24.7 Å². The van der Waals surface area contributed by atoms with Crippen LogP contribution in [0.3, 0.4) is 0 Å². The van der Waals surface area contributed by atoms with E-state index >= 15 is 0 Å². The number of nitrogens with zero attached hydrogens (tertiary/aromatic N) is 2. The van der Waals surface area contributed by atoms with Gasteiger partial charge < -0.3 is 14.3 Å². The predicted molar refractivity (Wildman–Crippen MR) is 70.0 cm³/mol. The Kier molecular flexibility index (Phi) is 4.19. The van der Waals surface area contributed by atoms with Gasteiger partial charge in [0, 0.05) is 20.0 Å². The lowest BCUT2D eigenvalue weighted by Gasteiger charge is -2.03. The molecule has 0 spiro atoms. The summed E-state index contributed by atoms with van der Waals surface area (Å²) in [5, 5.41) is 2.84. The van der Waals surface area contributed by atoms with Gasteiger partial charge in [0.15, 0.2) is 0 Å². The average molecular weight is 312 g/mol. The van der Waals surface area contributed by atoms with Crippen molar-refractivity contribution in [3.05, 3.63) is 40.8 Å². The summed E-state index contributed by atoms with van der Waals surface area (Å²) in [5.41, 5.74) is 0.941. The van der Waals surface area contributed by atoms with Crippen molar-refractivity contribution in [3.8, 4) is 0 Å². The van der Waals surface area contributed by atoms with Gasteiger partial charge in [0.25, 0.3) is 0 Å². The topological polar surface area (TPSA) is 60.1 Å². The van der Waals surface area contributed by atoms with Gasteiger partial charge in [0.2, 0.25) is 5.91 Å². The summed E-state index contributed by atoms with van der Waals surface area (Å²) in [6, 6.07) is 3.56. The van der Waals surface area contributed by atoms with E-state index in [0.717, 1.165) is 10.3 Å². The van der Waals surface area contributed by atoms with Gasteiger partial charge in [0.1, 0.15) is 10.4 Å². The highest BCUT2D eigenvalue weighted by Crippen LogP contribution is 2.13. The Bertz CT molecular complexity index is 519. The molecule has 1 amide bonds. The monoisotopic (exact) mass is 311 g/mol. The first-order valence-corrected chi connectivity index (χ1v) is 6.41. The van der Waals surface area contributed by atoms with E-state index in [0.29, 0.717) is 18.7 Å². The molecule has 0 saturated carbocycles. The number of hydrogen-bond acceptors (Lipinski definition) is 3. The Hall–Kier alpha value is -1.56. The van der Waals surface area contributed by atoms with Gasteiger partial charge in [-0.1, -0.05) is 0 Å². The second kappa shape index (κ2) is 5.86. The molecular formula is C12H14BrN3O2. The predicted octanol–water partition coefficient (Wildman–Crippen LogP) is 1.68. The summed E-state index contributed by atoms with van der Waals surface area (Å²) in [7, 11) is 1.91. The van der Waals surface area contributed by atoms with E-state index in [1.54, 1.807) is 24.7 Å². The van der Waals surface area contributed by atoms with E-state index < -0.39 is 0 Å². The second-order valence-electron chi connectivity index (χ2n) is 3.95. The van der Waals surface area contributed by atoms with Crippen LogP contribution in [0.2, 0.25) is 0 Å². The molecular weight excluding hydrogens is 298 g/mol. The minimum Gasteiger partial charge on any atom is -0.469 e. The maximum absolute atomic E-state index is 11.6. The van der Waals surface area contributed by atoms with Crippen molar-refractivity contribution in [1.29, 1.82) is 0 Å². The summed E-state index contributed by atoms with van der Waals surface area (Å²) < 4.78 is 7.94. The Balaban J connectivity index is 1.75. The average Bonchev–Trinajstić information content (AvgIpc) is 2.94. The quantitative estimate of drug-likeness (QED) is 0.914. The van der Waals surface area contributed by atoms with Crippen molar-refractivity contribution >= 4 is 21.8 Å². The zero-order valence-electron chi connectivity index (χ0n) is 10.0. The molecule has 0 unspecified atom stereocenters. The zero-order valence-corrected chi connectivity index (χ0v) is 11.6. The van der Waals surface area contributed by atoms with Gasteiger partial charge in [-0.05, 0) is 28.1 Å². The van der Waals surface area contributed by atoms with E-state index in [4.69, 9.17) is 4.42 Å². The fraction of sp³-hybridized carbons (Fsp3) is 0.333. The molecule has 2 aromatic heterocycles. The molecule has 0 aliphatic rings. The summed E-state index contributed by atoms with van der Waals surface area (Å²) in [6.07, 6.45) is 4.28. The number of aromatic nitrogens is 2. The number of imidazole rings is 1. The fourth-order valence-corrected chi connectivity index (χ4v) is 1.98.